The third-order valence-electron chi connectivity index (χ3n) is 3.32. The molecule has 4 heteroatoms. The Morgan fingerprint density at radius 2 is 1.95 bits per heavy atom. The Hall–Kier alpha value is -2.93. The van der Waals surface area contributed by atoms with Crippen LogP contribution in [0.5, 0.6) is 0 Å². The predicted octanol–water partition coefficient (Wildman–Crippen LogP) is 3.16. The average Bonchev–Trinajstić information content (AvgIpc) is 2.56. The first-order valence-corrected chi connectivity index (χ1v) is 6.79. The van der Waals surface area contributed by atoms with E-state index in [0.717, 1.165) is 29.6 Å². The summed E-state index contributed by atoms with van der Waals surface area (Å²) in [5, 5.41) is 13.2. The van der Waals surface area contributed by atoms with Crippen molar-refractivity contribution >= 4 is 16.6 Å². The summed E-state index contributed by atoms with van der Waals surface area (Å²) in [5.41, 5.74) is 3.63. The largest absolute Gasteiger partial charge is 0.383 e. The summed E-state index contributed by atoms with van der Waals surface area (Å²) in [5.74, 6) is 0. The van der Waals surface area contributed by atoms with Crippen molar-refractivity contribution in [2.24, 2.45) is 0 Å². The molecule has 0 fully saturated rings. The molecule has 0 saturated heterocycles. The molecule has 0 aliphatic rings. The number of anilines is 1. The Kier molecular flexibility index (Phi) is 3.74. The highest BCUT2D eigenvalue weighted by atomic mass is 14.9. The third-order valence-corrected chi connectivity index (χ3v) is 3.32. The first kappa shape index (κ1) is 13.1. The van der Waals surface area contributed by atoms with Crippen molar-refractivity contribution in [1.29, 1.82) is 5.26 Å². The van der Waals surface area contributed by atoms with Crippen molar-refractivity contribution < 1.29 is 0 Å². The molecule has 0 amide bonds. The zero-order valence-electron chi connectivity index (χ0n) is 11.5. The maximum absolute atomic E-state index is 8.71. The molecule has 1 aromatic carbocycles. The van der Waals surface area contributed by atoms with E-state index < -0.39 is 0 Å². The first-order valence-electron chi connectivity index (χ1n) is 6.79. The van der Waals surface area contributed by atoms with Crippen LogP contribution >= 0.6 is 0 Å². The normalized spacial score (nSPS) is 10.2. The molecule has 0 aliphatic heterocycles. The minimum atomic E-state index is 0.429. The minimum absolute atomic E-state index is 0.429. The summed E-state index contributed by atoms with van der Waals surface area (Å²) in [6.07, 6.45) is 4.39. The van der Waals surface area contributed by atoms with Crippen LogP contribution in [0.1, 0.15) is 11.3 Å². The number of pyridine rings is 2. The Bertz CT molecular complexity index is 782. The smallest absolute Gasteiger partial charge is 0.140 e. The van der Waals surface area contributed by atoms with Crippen LogP contribution in [0, 0.1) is 11.3 Å². The van der Waals surface area contributed by atoms with Crippen molar-refractivity contribution in [3.05, 3.63) is 66.1 Å². The summed E-state index contributed by atoms with van der Waals surface area (Å²) in [6.45, 7) is 0.795. The number of nitriles is 1. The van der Waals surface area contributed by atoms with Gasteiger partial charge >= 0.3 is 0 Å². The van der Waals surface area contributed by atoms with Crippen molar-refractivity contribution in [2.45, 2.75) is 6.42 Å². The maximum atomic E-state index is 8.71. The second-order valence-corrected chi connectivity index (χ2v) is 4.71. The summed E-state index contributed by atoms with van der Waals surface area (Å²) < 4.78 is 0. The molecule has 0 bridgehead atoms. The standard InChI is InChI=1S/C17H14N4/c18-11-15-6-7-16(12-21-15)19-10-8-14-4-1-3-13-5-2-9-20-17(13)14/h1-7,9,12,19H,8,10H2. The quantitative estimate of drug-likeness (QED) is 0.793. The number of nitrogens with zero attached hydrogens (tertiary/aromatic N) is 3. The van der Waals surface area contributed by atoms with E-state index >= 15 is 0 Å². The van der Waals surface area contributed by atoms with Gasteiger partial charge < -0.3 is 5.32 Å². The van der Waals surface area contributed by atoms with Crippen LogP contribution in [0.2, 0.25) is 0 Å². The molecule has 0 radical (unpaired) electrons. The van der Waals surface area contributed by atoms with Gasteiger partial charge in [0.25, 0.3) is 0 Å². The summed E-state index contributed by atoms with van der Waals surface area (Å²) in [4.78, 5) is 8.49. The van der Waals surface area contributed by atoms with Gasteiger partial charge in [-0.1, -0.05) is 24.3 Å². The Morgan fingerprint density at radius 3 is 2.76 bits per heavy atom. The third kappa shape index (κ3) is 2.98. The predicted molar refractivity (Wildman–Crippen MR) is 82.9 cm³/mol. The first-order chi connectivity index (χ1) is 10.4. The molecule has 2 aromatic heterocycles. The molecule has 0 aliphatic carbocycles. The highest BCUT2D eigenvalue weighted by Crippen LogP contribution is 2.16. The van der Waals surface area contributed by atoms with Crippen LogP contribution in [-0.4, -0.2) is 16.5 Å². The fraction of sp³-hybridized carbons (Fsp3) is 0.118. The van der Waals surface area contributed by atoms with Gasteiger partial charge in [0.1, 0.15) is 11.8 Å². The van der Waals surface area contributed by atoms with Crippen LogP contribution < -0.4 is 5.32 Å². The van der Waals surface area contributed by atoms with E-state index in [4.69, 9.17) is 5.26 Å². The molecule has 4 nitrogen and oxygen atoms in total. The van der Waals surface area contributed by atoms with Crippen molar-refractivity contribution in [2.75, 3.05) is 11.9 Å². The molecule has 2 heterocycles. The van der Waals surface area contributed by atoms with Gasteiger partial charge in [0.2, 0.25) is 0 Å². The van der Waals surface area contributed by atoms with Crippen LogP contribution in [0.15, 0.2) is 54.9 Å². The maximum Gasteiger partial charge on any atom is 0.140 e. The molecule has 21 heavy (non-hydrogen) atoms. The Labute approximate surface area is 123 Å². The summed E-state index contributed by atoms with van der Waals surface area (Å²) in [7, 11) is 0. The fourth-order valence-corrected chi connectivity index (χ4v) is 2.28. The zero-order valence-corrected chi connectivity index (χ0v) is 11.5. The van der Waals surface area contributed by atoms with Gasteiger partial charge in [0.05, 0.1) is 17.4 Å². The van der Waals surface area contributed by atoms with E-state index in [9.17, 15) is 0 Å². The number of aromatic nitrogens is 2. The molecule has 0 spiro atoms. The summed E-state index contributed by atoms with van der Waals surface area (Å²) in [6, 6.07) is 15.8. The van der Waals surface area contributed by atoms with Gasteiger partial charge in [-0.05, 0) is 30.2 Å². The van der Waals surface area contributed by atoms with Gasteiger partial charge in [-0.3, -0.25) is 4.98 Å². The lowest BCUT2D eigenvalue weighted by atomic mass is 10.1. The van der Waals surface area contributed by atoms with Gasteiger partial charge in [0, 0.05) is 18.1 Å². The monoisotopic (exact) mass is 274 g/mol. The highest BCUT2D eigenvalue weighted by Gasteiger charge is 2.01. The van der Waals surface area contributed by atoms with E-state index in [1.54, 1.807) is 12.3 Å². The molecular weight excluding hydrogens is 260 g/mol. The minimum Gasteiger partial charge on any atom is -0.383 e. The number of rotatable bonds is 4. The number of fused-ring (bicyclic) bond motifs is 1. The number of nitrogens with one attached hydrogen (secondary N) is 1. The van der Waals surface area contributed by atoms with Crippen LogP contribution in [0.3, 0.4) is 0 Å². The van der Waals surface area contributed by atoms with E-state index in [-0.39, 0.29) is 0 Å². The highest BCUT2D eigenvalue weighted by molar-refractivity contribution is 5.81. The Balaban J connectivity index is 1.68. The summed E-state index contributed by atoms with van der Waals surface area (Å²) >= 11 is 0. The van der Waals surface area contributed by atoms with E-state index in [2.05, 4.69) is 39.6 Å². The lowest BCUT2D eigenvalue weighted by Crippen LogP contribution is -2.05. The fourth-order valence-electron chi connectivity index (χ4n) is 2.28. The van der Waals surface area contributed by atoms with Crippen LogP contribution in [0.4, 0.5) is 5.69 Å². The van der Waals surface area contributed by atoms with Crippen molar-refractivity contribution in [3.63, 3.8) is 0 Å². The lowest BCUT2D eigenvalue weighted by molar-refractivity contribution is 1.02. The molecule has 0 atom stereocenters. The Morgan fingerprint density at radius 1 is 1.05 bits per heavy atom. The van der Waals surface area contributed by atoms with E-state index in [0.29, 0.717) is 5.69 Å². The van der Waals surface area contributed by atoms with Crippen LogP contribution in [0.25, 0.3) is 10.9 Å². The number of hydrogen-bond donors (Lipinski definition) is 1. The van der Waals surface area contributed by atoms with E-state index in [1.807, 2.05) is 24.4 Å². The van der Waals surface area contributed by atoms with Crippen LogP contribution in [-0.2, 0) is 6.42 Å². The molecule has 0 saturated carbocycles. The van der Waals surface area contributed by atoms with Gasteiger partial charge in [-0.25, -0.2) is 4.98 Å². The SMILES string of the molecule is N#Cc1ccc(NCCc2cccc3cccnc23)cn1. The van der Waals surface area contributed by atoms with Crippen molar-refractivity contribution in [1.82, 2.24) is 9.97 Å². The van der Waals surface area contributed by atoms with Gasteiger partial charge in [-0.2, -0.15) is 5.26 Å². The van der Waals surface area contributed by atoms with E-state index in [1.165, 1.54) is 5.56 Å². The molecular formula is C17H14N4. The lowest BCUT2D eigenvalue weighted by Gasteiger charge is -2.08. The molecule has 1 N–H and O–H groups in total. The molecule has 0 unspecified atom stereocenters. The van der Waals surface area contributed by atoms with Gasteiger partial charge in [0.15, 0.2) is 0 Å². The second kappa shape index (κ2) is 6.02. The van der Waals surface area contributed by atoms with Gasteiger partial charge in [-0.15, -0.1) is 0 Å². The second-order valence-electron chi connectivity index (χ2n) is 4.71. The molecule has 3 aromatic rings. The molecule has 102 valence electrons. The molecule has 3 rings (SSSR count). The topological polar surface area (TPSA) is 61.6 Å². The number of benzene rings is 1. The zero-order chi connectivity index (χ0) is 14.5. The van der Waals surface area contributed by atoms with Crippen molar-refractivity contribution in [3.8, 4) is 6.07 Å². The average molecular weight is 274 g/mol. The number of hydrogen-bond acceptors (Lipinski definition) is 4. The number of para-hydroxylation sites is 1.